The molecule has 1 aromatic rings. The van der Waals surface area contributed by atoms with Gasteiger partial charge in [-0.2, -0.15) is 0 Å². The highest BCUT2D eigenvalue weighted by Gasteiger charge is 2.40. The first-order chi connectivity index (χ1) is 9.51. The second-order valence-electron chi connectivity index (χ2n) is 4.47. The predicted octanol–water partition coefficient (Wildman–Crippen LogP) is 0.886. The highest BCUT2D eigenvalue weighted by molar-refractivity contribution is 6.05. The Kier molecular flexibility index (Phi) is 4.02. The van der Waals surface area contributed by atoms with Crippen molar-refractivity contribution >= 4 is 17.8 Å². The minimum absolute atomic E-state index is 0.0887. The molecule has 1 aliphatic heterocycles. The lowest BCUT2D eigenvalue weighted by Gasteiger charge is -2.15. The molecule has 0 spiro atoms. The van der Waals surface area contributed by atoms with E-state index in [0.717, 1.165) is 10.5 Å². The van der Waals surface area contributed by atoms with Crippen molar-refractivity contribution in [2.45, 2.75) is 26.0 Å². The average molecular weight is 277 g/mol. The Morgan fingerprint density at radius 2 is 1.95 bits per heavy atom. The van der Waals surface area contributed by atoms with Crippen LogP contribution in [-0.2, 0) is 25.7 Å². The maximum atomic E-state index is 12.0. The van der Waals surface area contributed by atoms with Crippen LogP contribution in [0.1, 0.15) is 18.9 Å². The Bertz CT molecular complexity index is 537. The highest BCUT2D eigenvalue weighted by Crippen LogP contribution is 2.20. The number of rotatable bonds is 4. The van der Waals surface area contributed by atoms with Crippen LogP contribution in [0.25, 0.3) is 0 Å². The Morgan fingerprint density at radius 1 is 1.30 bits per heavy atom. The summed E-state index contributed by atoms with van der Waals surface area (Å²) in [7, 11) is 1.56. The molecular formula is C14H15NO5. The third-order valence-corrected chi connectivity index (χ3v) is 3.01. The molecule has 0 saturated carbocycles. The van der Waals surface area contributed by atoms with Crippen LogP contribution in [0.5, 0.6) is 5.75 Å². The lowest BCUT2D eigenvalue weighted by molar-refractivity contribution is -0.154. The molecule has 0 unspecified atom stereocenters. The van der Waals surface area contributed by atoms with Crippen molar-refractivity contribution in [3.8, 4) is 5.75 Å². The fourth-order valence-electron chi connectivity index (χ4n) is 2.02. The van der Waals surface area contributed by atoms with Crippen molar-refractivity contribution in [3.05, 3.63) is 29.8 Å². The van der Waals surface area contributed by atoms with E-state index >= 15 is 0 Å². The van der Waals surface area contributed by atoms with Gasteiger partial charge in [-0.1, -0.05) is 12.1 Å². The van der Waals surface area contributed by atoms with E-state index in [0.29, 0.717) is 5.75 Å². The summed E-state index contributed by atoms with van der Waals surface area (Å²) in [5.41, 5.74) is 0.802. The lowest BCUT2D eigenvalue weighted by Crippen LogP contribution is -2.32. The van der Waals surface area contributed by atoms with Crippen LogP contribution in [0.2, 0.25) is 0 Å². The van der Waals surface area contributed by atoms with Crippen LogP contribution < -0.4 is 4.74 Å². The van der Waals surface area contributed by atoms with E-state index in [-0.39, 0.29) is 18.9 Å². The number of benzene rings is 1. The smallest absolute Gasteiger partial charge is 0.303 e. The van der Waals surface area contributed by atoms with E-state index in [2.05, 4.69) is 0 Å². The summed E-state index contributed by atoms with van der Waals surface area (Å²) in [6, 6.07) is 7.06. The molecule has 6 heteroatoms. The number of carbonyl (C=O) groups is 3. The second-order valence-corrected chi connectivity index (χ2v) is 4.47. The van der Waals surface area contributed by atoms with Crippen LogP contribution in [-0.4, -0.2) is 35.9 Å². The molecule has 0 N–H and O–H groups in total. The number of amides is 2. The van der Waals surface area contributed by atoms with Crippen LogP contribution in [0.4, 0.5) is 0 Å². The summed E-state index contributed by atoms with van der Waals surface area (Å²) in [6.07, 6.45) is -1.08. The number of likely N-dealkylation sites (tertiary alicyclic amines) is 1. The van der Waals surface area contributed by atoms with Gasteiger partial charge in [0.05, 0.1) is 20.1 Å². The standard InChI is InChI=1S/C14H15NO5/c1-9(16)20-12-7-13(17)15(14(12)18)8-10-3-5-11(19-2)6-4-10/h3-6,12H,7-8H2,1-2H3/t12-/m0/s1. The van der Waals surface area contributed by atoms with Gasteiger partial charge < -0.3 is 9.47 Å². The molecule has 1 atom stereocenters. The van der Waals surface area contributed by atoms with Crippen LogP contribution in [0.15, 0.2) is 24.3 Å². The summed E-state index contributed by atoms with van der Waals surface area (Å²) in [4.78, 5) is 35.8. The zero-order valence-corrected chi connectivity index (χ0v) is 11.3. The molecule has 2 rings (SSSR count). The van der Waals surface area contributed by atoms with Crippen molar-refractivity contribution in [2.24, 2.45) is 0 Å². The molecule has 6 nitrogen and oxygen atoms in total. The average Bonchev–Trinajstić information content (AvgIpc) is 2.66. The van der Waals surface area contributed by atoms with Crippen molar-refractivity contribution in [1.29, 1.82) is 0 Å². The molecule has 1 heterocycles. The zero-order chi connectivity index (χ0) is 14.7. The predicted molar refractivity (Wildman–Crippen MR) is 68.7 cm³/mol. The van der Waals surface area contributed by atoms with E-state index in [9.17, 15) is 14.4 Å². The second kappa shape index (κ2) is 5.73. The number of carbonyl (C=O) groups excluding carboxylic acids is 3. The molecule has 0 aliphatic carbocycles. The molecule has 1 saturated heterocycles. The van der Waals surface area contributed by atoms with Gasteiger partial charge in [0.2, 0.25) is 5.91 Å². The maximum absolute atomic E-state index is 12.0. The van der Waals surface area contributed by atoms with Gasteiger partial charge in [0, 0.05) is 6.92 Å². The number of hydrogen-bond donors (Lipinski definition) is 0. The quantitative estimate of drug-likeness (QED) is 0.603. The van der Waals surface area contributed by atoms with Gasteiger partial charge in [-0.15, -0.1) is 0 Å². The van der Waals surface area contributed by atoms with Gasteiger partial charge in [0.15, 0.2) is 6.10 Å². The van der Waals surface area contributed by atoms with Gasteiger partial charge in [-0.3, -0.25) is 19.3 Å². The molecule has 2 amide bonds. The maximum Gasteiger partial charge on any atom is 0.303 e. The van der Waals surface area contributed by atoms with E-state index < -0.39 is 18.0 Å². The first kappa shape index (κ1) is 14.0. The highest BCUT2D eigenvalue weighted by atomic mass is 16.5. The molecule has 0 radical (unpaired) electrons. The van der Waals surface area contributed by atoms with Gasteiger partial charge in [-0.05, 0) is 17.7 Å². The monoisotopic (exact) mass is 277 g/mol. The lowest BCUT2D eigenvalue weighted by atomic mass is 10.2. The Labute approximate surface area is 116 Å². The number of esters is 1. The number of ether oxygens (including phenoxy) is 2. The SMILES string of the molecule is COc1ccc(CN2C(=O)C[C@H](OC(C)=O)C2=O)cc1. The van der Waals surface area contributed by atoms with E-state index in [1.165, 1.54) is 6.92 Å². The Morgan fingerprint density at radius 3 is 2.50 bits per heavy atom. The van der Waals surface area contributed by atoms with Crippen LogP contribution >= 0.6 is 0 Å². The van der Waals surface area contributed by atoms with Gasteiger partial charge in [-0.25, -0.2) is 0 Å². The third kappa shape index (κ3) is 2.96. The molecule has 1 fully saturated rings. The number of hydrogen-bond acceptors (Lipinski definition) is 5. The molecule has 0 bridgehead atoms. The molecule has 1 aromatic carbocycles. The van der Waals surface area contributed by atoms with Gasteiger partial charge >= 0.3 is 5.97 Å². The fourth-order valence-corrected chi connectivity index (χ4v) is 2.02. The summed E-state index contributed by atoms with van der Waals surface area (Å²) in [6.45, 7) is 1.38. The van der Waals surface area contributed by atoms with Crippen LogP contribution in [0.3, 0.4) is 0 Å². The van der Waals surface area contributed by atoms with Crippen molar-refractivity contribution in [3.63, 3.8) is 0 Å². The minimum atomic E-state index is -0.988. The van der Waals surface area contributed by atoms with Crippen molar-refractivity contribution in [1.82, 2.24) is 4.90 Å². The summed E-state index contributed by atoms with van der Waals surface area (Å²) in [5.74, 6) is -0.675. The fraction of sp³-hybridized carbons (Fsp3) is 0.357. The Balaban J connectivity index is 2.06. The summed E-state index contributed by atoms with van der Waals surface area (Å²) < 4.78 is 9.86. The largest absolute Gasteiger partial charge is 0.497 e. The molecule has 106 valence electrons. The number of methoxy groups -OCH3 is 1. The van der Waals surface area contributed by atoms with Gasteiger partial charge in [0.25, 0.3) is 5.91 Å². The molecule has 20 heavy (non-hydrogen) atoms. The van der Waals surface area contributed by atoms with Crippen molar-refractivity contribution in [2.75, 3.05) is 7.11 Å². The van der Waals surface area contributed by atoms with E-state index in [1.807, 2.05) is 0 Å². The summed E-state index contributed by atoms with van der Waals surface area (Å²) in [5, 5.41) is 0. The number of nitrogens with zero attached hydrogens (tertiary/aromatic N) is 1. The summed E-state index contributed by atoms with van der Waals surface area (Å²) >= 11 is 0. The van der Waals surface area contributed by atoms with E-state index in [4.69, 9.17) is 9.47 Å². The topological polar surface area (TPSA) is 72.9 Å². The zero-order valence-electron chi connectivity index (χ0n) is 11.3. The normalized spacial score (nSPS) is 18.3. The molecule has 1 aliphatic rings. The molecular weight excluding hydrogens is 262 g/mol. The minimum Gasteiger partial charge on any atom is -0.497 e. The molecule has 0 aromatic heterocycles. The Hall–Kier alpha value is -2.37. The third-order valence-electron chi connectivity index (χ3n) is 3.01. The first-order valence-corrected chi connectivity index (χ1v) is 6.15. The van der Waals surface area contributed by atoms with Crippen LogP contribution in [0, 0.1) is 0 Å². The first-order valence-electron chi connectivity index (χ1n) is 6.15. The van der Waals surface area contributed by atoms with Crippen molar-refractivity contribution < 1.29 is 23.9 Å². The van der Waals surface area contributed by atoms with E-state index in [1.54, 1.807) is 31.4 Å². The van der Waals surface area contributed by atoms with Gasteiger partial charge in [0.1, 0.15) is 5.75 Å². The number of imide groups is 1.